The summed E-state index contributed by atoms with van der Waals surface area (Å²) in [6.45, 7) is 3.75. The number of aliphatic hydroxyl groups is 1. The average molecular weight is 292 g/mol. The second-order valence-electron chi connectivity index (χ2n) is 4.44. The topological polar surface area (TPSA) is 66.4 Å². The van der Waals surface area contributed by atoms with Crippen LogP contribution >= 0.6 is 11.6 Å². The molecule has 0 aliphatic rings. The molecule has 1 rings (SSSR count). The Bertz CT molecular complexity index is 488. The van der Waals surface area contributed by atoms with Crippen LogP contribution in [0.5, 0.6) is 0 Å². The summed E-state index contributed by atoms with van der Waals surface area (Å²) in [5.74, 6) is 0.103. The molecule has 0 radical (unpaired) electrons. The van der Waals surface area contributed by atoms with E-state index < -0.39 is 10.0 Å². The fourth-order valence-electron chi connectivity index (χ4n) is 1.57. The van der Waals surface area contributed by atoms with Gasteiger partial charge in [-0.15, -0.1) is 0 Å². The van der Waals surface area contributed by atoms with Crippen LogP contribution in [-0.4, -0.2) is 26.2 Å². The summed E-state index contributed by atoms with van der Waals surface area (Å²) in [6.07, 6.45) is 0.386. The van der Waals surface area contributed by atoms with Crippen molar-refractivity contribution in [1.82, 2.24) is 4.72 Å². The molecule has 2 N–H and O–H groups in total. The Balaban J connectivity index is 2.93. The maximum absolute atomic E-state index is 12.1. The Morgan fingerprint density at radius 2 is 2.06 bits per heavy atom. The number of halogens is 1. The maximum Gasteiger partial charge on any atom is 0.240 e. The first-order valence-corrected chi connectivity index (χ1v) is 7.61. The molecule has 0 bridgehead atoms. The highest BCUT2D eigenvalue weighted by Gasteiger charge is 2.22. The normalized spacial score (nSPS) is 13.8. The number of sulfonamides is 1. The van der Waals surface area contributed by atoms with Crippen LogP contribution in [0, 0.1) is 5.92 Å². The number of hydrogen-bond acceptors (Lipinski definition) is 3. The van der Waals surface area contributed by atoms with Gasteiger partial charge in [0.15, 0.2) is 0 Å². The second-order valence-corrected chi connectivity index (χ2v) is 6.59. The van der Waals surface area contributed by atoms with Crippen LogP contribution in [0.3, 0.4) is 0 Å². The van der Waals surface area contributed by atoms with Crippen molar-refractivity contribution in [3.05, 3.63) is 29.3 Å². The van der Waals surface area contributed by atoms with Gasteiger partial charge in [0.2, 0.25) is 10.0 Å². The van der Waals surface area contributed by atoms with Gasteiger partial charge in [0.1, 0.15) is 0 Å². The number of nitrogens with one attached hydrogen (secondary N) is 1. The molecule has 1 aromatic rings. The number of benzene rings is 1. The third kappa shape index (κ3) is 4.24. The van der Waals surface area contributed by atoms with E-state index in [1.807, 2.05) is 13.8 Å². The van der Waals surface area contributed by atoms with Gasteiger partial charge in [-0.2, -0.15) is 0 Å². The standard InChI is InChI=1S/C12H18ClNO3S/c1-9(2)12(6-7-15)14-18(16,17)11-5-3-4-10(13)8-11/h3-5,8-9,12,14-15H,6-7H2,1-2H3. The number of aliphatic hydroxyl groups excluding tert-OH is 1. The van der Waals surface area contributed by atoms with Crippen LogP contribution in [0.25, 0.3) is 0 Å². The first-order chi connectivity index (χ1) is 8.36. The molecular weight excluding hydrogens is 274 g/mol. The highest BCUT2D eigenvalue weighted by molar-refractivity contribution is 7.89. The smallest absolute Gasteiger partial charge is 0.240 e. The molecule has 0 aromatic heterocycles. The lowest BCUT2D eigenvalue weighted by Gasteiger charge is -2.21. The van der Waals surface area contributed by atoms with Crippen LogP contribution in [-0.2, 0) is 10.0 Å². The Morgan fingerprint density at radius 3 is 2.56 bits per heavy atom. The zero-order chi connectivity index (χ0) is 13.8. The summed E-state index contributed by atoms with van der Waals surface area (Å²) in [5, 5.41) is 9.32. The molecule has 0 heterocycles. The molecular formula is C12H18ClNO3S. The second kappa shape index (κ2) is 6.52. The average Bonchev–Trinajstić information content (AvgIpc) is 2.28. The van der Waals surface area contributed by atoms with Gasteiger partial charge in [0.05, 0.1) is 4.90 Å². The van der Waals surface area contributed by atoms with Crippen LogP contribution < -0.4 is 4.72 Å². The lowest BCUT2D eigenvalue weighted by molar-refractivity contribution is 0.256. The predicted octanol–water partition coefficient (Wildman–Crippen LogP) is 2.03. The van der Waals surface area contributed by atoms with E-state index in [4.69, 9.17) is 16.7 Å². The largest absolute Gasteiger partial charge is 0.396 e. The molecule has 0 saturated heterocycles. The molecule has 1 unspecified atom stereocenters. The van der Waals surface area contributed by atoms with Crippen molar-refractivity contribution in [2.24, 2.45) is 5.92 Å². The van der Waals surface area contributed by atoms with E-state index in [0.717, 1.165) is 0 Å². The Kier molecular flexibility index (Phi) is 5.59. The molecule has 0 aliphatic carbocycles. The van der Waals surface area contributed by atoms with E-state index in [2.05, 4.69) is 4.72 Å². The van der Waals surface area contributed by atoms with Crippen LogP contribution in [0.2, 0.25) is 5.02 Å². The minimum Gasteiger partial charge on any atom is -0.396 e. The maximum atomic E-state index is 12.1. The Morgan fingerprint density at radius 1 is 1.39 bits per heavy atom. The molecule has 102 valence electrons. The quantitative estimate of drug-likeness (QED) is 0.843. The van der Waals surface area contributed by atoms with Gasteiger partial charge in [-0.25, -0.2) is 13.1 Å². The summed E-state index contributed by atoms with van der Waals surface area (Å²) in [6, 6.07) is 5.81. The number of hydrogen-bond donors (Lipinski definition) is 2. The number of rotatable bonds is 6. The van der Waals surface area contributed by atoms with Crippen molar-refractivity contribution in [3.8, 4) is 0 Å². The fourth-order valence-corrected chi connectivity index (χ4v) is 3.29. The summed E-state index contributed by atoms with van der Waals surface area (Å²) < 4.78 is 26.8. The molecule has 1 atom stereocenters. The highest BCUT2D eigenvalue weighted by Crippen LogP contribution is 2.17. The zero-order valence-corrected chi connectivity index (χ0v) is 12.0. The van der Waals surface area contributed by atoms with Crippen LogP contribution in [0.15, 0.2) is 29.2 Å². The summed E-state index contributed by atoms with van der Waals surface area (Å²) in [4.78, 5) is 0.138. The molecule has 0 aliphatic heterocycles. The minimum atomic E-state index is -3.59. The van der Waals surface area contributed by atoms with Gasteiger partial charge in [-0.1, -0.05) is 31.5 Å². The lowest BCUT2D eigenvalue weighted by Crippen LogP contribution is -2.39. The summed E-state index contributed by atoms with van der Waals surface area (Å²) in [5.41, 5.74) is 0. The van der Waals surface area contributed by atoms with Crippen molar-refractivity contribution >= 4 is 21.6 Å². The zero-order valence-electron chi connectivity index (χ0n) is 10.4. The van der Waals surface area contributed by atoms with Crippen molar-refractivity contribution in [2.45, 2.75) is 31.2 Å². The fraction of sp³-hybridized carbons (Fsp3) is 0.500. The third-order valence-corrected chi connectivity index (χ3v) is 4.38. The van der Waals surface area contributed by atoms with E-state index >= 15 is 0 Å². The molecule has 6 heteroatoms. The van der Waals surface area contributed by atoms with Crippen LogP contribution in [0.4, 0.5) is 0 Å². The summed E-state index contributed by atoms with van der Waals surface area (Å²) >= 11 is 5.78. The van der Waals surface area contributed by atoms with Crippen molar-refractivity contribution in [3.63, 3.8) is 0 Å². The van der Waals surface area contributed by atoms with Crippen molar-refractivity contribution in [2.75, 3.05) is 6.61 Å². The van der Waals surface area contributed by atoms with E-state index in [-0.39, 0.29) is 23.5 Å². The molecule has 0 amide bonds. The van der Waals surface area contributed by atoms with E-state index in [1.165, 1.54) is 12.1 Å². The molecule has 0 fully saturated rings. The Hall–Kier alpha value is -0.620. The summed E-state index contributed by atoms with van der Waals surface area (Å²) in [7, 11) is -3.59. The Labute approximate surface area is 113 Å². The van der Waals surface area contributed by atoms with E-state index in [0.29, 0.717) is 11.4 Å². The predicted molar refractivity (Wildman–Crippen MR) is 72.1 cm³/mol. The van der Waals surface area contributed by atoms with Gasteiger partial charge >= 0.3 is 0 Å². The van der Waals surface area contributed by atoms with Crippen molar-refractivity contribution < 1.29 is 13.5 Å². The van der Waals surface area contributed by atoms with E-state index in [1.54, 1.807) is 12.1 Å². The first kappa shape index (κ1) is 15.4. The van der Waals surface area contributed by atoms with Gasteiger partial charge in [-0.05, 0) is 30.5 Å². The first-order valence-electron chi connectivity index (χ1n) is 5.75. The molecule has 0 saturated carbocycles. The van der Waals surface area contributed by atoms with Crippen molar-refractivity contribution in [1.29, 1.82) is 0 Å². The van der Waals surface area contributed by atoms with Gasteiger partial charge in [0.25, 0.3) is 0 Å². The van der Waals surface area contributed by atoms with E-state index in [9.17, 15) is 8.42 Å². The monoisotopic (exact) mass is 291 g/mol. The molecule has 1 aromatic carbocycles. The molecule has 4 nitrogen and oxygen atoms in total. The van der Waals surface area contributed by atoms with Crippen LogP contribution in [0.1, 0.15) is 20.3 Å². The van der Waals surface area contributed by atoms with Gasteiger partial charge in [0, 0.05) is 17.7 Å². The van der Waals surface area contributed by atoms with Gasteiger partial charge in [-0.3, -0.25) is 0 Å². The highest BCUT2D eigenvalue weighted by atomic mass is 35.5. The minimum absolute atomic E-state index is 0.0547. The van der Waals surface area contributed by atoms with Gasteiger partial charge < -0.3 is 5.11 Å². The molecule has 18 heavy (non-hydrogen) atoms. The lowest BCUT2D eigenvalue weighted by atomic mass is 10.0. The SMILES string of the molecule is CC(C)C(CCO)NS(=O)(=O)c1cccc(Cl)c1. The third-order valence-electron chi connectivity index (χ3n) is 2.66. The molecule has 0 spiro atoms.